The number of likely N-dealkylation sites (N-methyl/N-ethyl adjacent to an activating group) is 1. The number of hydrogen-bond acceptors (Lipinski definition) is 4. The van der Waals surface area contributed by atoms with Crippen LogP contribution in [-0.2, 0) is 4.74 Å². The smallest absolute Gasteiger partial charge is 0.412 e. The number of anilines is 1. The highest BCUT2D eigenvalue weighted by Gasteiger charge is 2.17. The molecule has 0 aliphatic rings. The van der Waals surface area contributed by atoms with Gasteiger partial charge in [-0.2, -0.15) is 0 Å². The monoisotopic (exact) mass is 384 g/mol. The summed E-state index contributed by atoms with van der Waals surface area (Å²) in [6.07, 6.45) is -0.558. The van der Waals surface area contributed by atoms with Crippen molar-refractivity contribution < 1.29 is 19.1 Å². The molecule has 6 nitrogen and oxygen atoms in total. The highest BCUT2D eigenvalue weighted by atomic mass is 16.6. The number of benzene rings is 2. The average Bonchev–Trinajstić information content (AvgIpc) is 2.59. The molecule has 0 atom stereocenters. The lowest BCUT2D eigenvalue weighted by atomic mass is 10.1. The van der Waals surface area contributed by atoms with Crippen LogP contribution in [-0.4, -0.2) is 42.7 Å². The maximum Gasteiger partial charge on any atom is 0.412 e. The van der Waals surface area contributed by atoms with Gasteiger partial charge in [-0.1, -0.05) is 18.2 Å². The van der Waals surface area contributed by atoms with E-state index in [0.29, 0.717) is 24.4 Å². The molecule has 0 saturated carbocycles. The molecular weight excluding hydrogens is 356 g/mol. The number of ether oxygens (including phenoxy) is 2. The number of carbonyl (C=O) groups is 2. The van der Waals surface area contributed by atoms with Crippen LogP contribution in [0.5, 0.6) is 5.75 Å². The number of aryl methyl sites for hydroxylation is 1. The van der Waals surface area contributed by atoms with Crippen LogP contribution in [0.2, 0.25) is 0 Å². The van der Waals surface area contributed by atoms with Crippen molar-refractivity contribution in [3.8, 4) is 5.75 Å². The van der Waals surface area contributed by atoms with E-state index in [1.165, 1.54) is 0 Å². The fourth-order valence-corrected chi connectivity index (χ4v) is 2.48. The van der Waals surface area contributed by atoms with Crippen LogP contribution in [0.4, 0.5) is 10.5 Å². The second-order valence-electron chi connectivity index (χ2n) is 7.60. The third-order valence-electron chi connectivity index (χ3n) is 3.79. The summed E-state index contributed by atoms with van der Waals surface area (Å²) in [4.78, 5) is 26.1. The number of nitrogens with one attached hydrogen (secondary N) is 1. The Balaban J connectivity index is 1.91. The van der Waals surface area contributed by atoms with E-state index in [-0.39, 0.29) is 5.91 Å². The van der Waals surface area contributed by atoms with Gasteiger partial charge in [-0.05, 0) is 63.6 Å². The van der Waals surface area contributed by atoms with E-state index >= 15 is 0 Å². The molecule has 1 N–H and O–H groups in total. The van der Waals surface area contributed by atoms with E-state index < -0.39 is 11.7 Å². The first-order chi connectivity index (χ1) is 13.1. The van der Waals surface area contributed by atoms with Gasteiger partial charge in [0.05, 0.1) is 6.54 Å². The lowest BCUT2D eigenvalue weighted by molar-refractivity contribution is 0.0635. The number of rotatable bonds is 6. The standard InChI is InChI=1S/C22H28N2O4/c1-16-8-6-11-19(14-16)27-13-12-24(5)20(25)17-9-7-10-18(15-17)23-21(26)28-22(2,3)4/h6-11,14-15H,12-13H2,1-5H3,(H,23,26). The second-order valence-corrected chi connectivity index (χ2v) is 7.60. The van der Waals surface area contributed by atoms with E-state index in [2.05, 4.69) is 5.32 Å². The Bertz CT molecular complexity index is 827. The first kappa shape index (κ1) is 21.3. The van der Waals surface area contributed by atoms with Crippen LogP contribution in [0.3, 0.4) is 0 Å². The zero-order valence-corrected chi connectivity index (χ0v) is 17.1. The maximum absolute atomic E-state index is 12.6. The molecule has 0 radical (unpaired) electrons. The third kappa shape index (κ3) is 6.95. The Labute approximate surface area is 166 Å². The Kier molecular flexibility index (Phi) is 7.04. The topological polar surface area (TPSA) is 67.9 Å². The Morgan fingerprint density at radius 3 is 2.46 bits per heavy atom. The quantitative estimate of drug-likeness (QED) is 0.797. The molecule has 2 aromatic carbocycles. The first-order valence-corrected chi connectivity index (χ1v) is 9.19. The van der Waals surface area contributed by atoms with E-state index in [1.807, 2.05) is 31.2 Å². The van der Waals surface area contributed by atoms with Gasteiger partial charge in [0.15, 0.2) is 0 Å². The van der Waals surface area contributed by atoms with Gasteiger partial charge in [0.2, 0.25) is 0 Å². The predicted octanol–water partition coefficient (Wildman–Crippen LogP) is 4.49. The largest absolute Gasteiger partial charge is 0.492 e. The fraction of sp³-hybridized carbons (Fsp3) is 0.364. The number of nitrogens with zero attached hydrogens (tertiary/aromatic N) is 1. The summed E-state index contributed by atoms with van der Waals surface area (Å²) in [7, 11) is 1.72. The number of hydrogen-bond donors (Lipinski definition) is 1. The van der Waals surface area contributed by atoms with Gasteiger partial charge in [-0.3, -0.25) is 10.1 Å². The molecule has 2 rings (SSSR count). The molecule has 0 saturated heterocycles. The van der Waals surface area contributed by atoms with Gasteiger partial charge in [0.1, 0.15) is 18.0 Å². The molecule has 6 heteroatoms. The van der Waals surface area contributed by atoms with Gasteiger partial charge in [0.25, 0.3) is 5.91 Å². The van der Waals surface area contributed by atoms with Crippen LogP contribution in [0.1, 0.15) is 36.7 Å². The van der Waals surface area contributed by atoms with Gasteiger partial charge in [-0.15, -0.1) is 0 Å². The summed E-state index contributed by atoms with van der Waals surface area (Å²) in [6, 6.07) is 14.5. The van der Waals surface area contributed by atoms with Crippen LogP contribution >= 0.6 is 0 Å². The van der Waals surface area contributed by atoms with Crippen LogP contribution < -0.4 is 10.1 Å². The van der Waals surface area contributed by atoms with E-state index in [0.717, 1.165) is 11.3 Å². The molecule has 2 amide bonds. The van der Waals surface area contributed by atoms with E-state index in [9.17, 15) is 9.59 Å². The highest BCUT2D eigenvalue weighted by Crippen LogP contribution is 2.15. The Morgan fingerprint density at radius 1 is 1.07 bits per heavy atom. The number of carbonyl (C=O) groups excluding carboxylic acids is 2. The Hall–Kier alpha value is -3.02. The normalized spacial score (nSPS) is 10.9. The van der Waals surface area contributed by atoms with E-state index in [1.54, 1.807) is 57.0 Å². The summed E-state index contributed by atoms with van der Waals surface area (Å²) in [6.45, 7) is 8.21. The molecular formula is C22H28N2O4. The van der Waals surface area contributed by atoms with Crippen molar-refractivity contribution in [1.29, 1.82) is 0 Å². The van der Waals surface area contributed by atoms with Crippen molar-refractivity contribution in [2.24, 2.45) is 0 Å². The summed E-state index contributed by atoms with van der Waals surface area (Å²) in [5, 5.41) is 2.65. The summed E-state index contributed by atoms with van der Waals surface area (Å²) >= 11 is 0. The highest BCUT2D eigenvalue weighted by molar-refractivity contribution is 5.96. The molecule has 0 fully saturated rings. The minimum absolute atomic E-state index is 0.152. The second kappa shape index (κ2) is 9.26. The molecule has 28 heavy (non-hydrogen) atoms. The lowest BCUT2D eigenvalue weighted by Crippen LogP contribution is -2.31. The van der Waals surface area contributed by atoms with Crippen molar-refractivity contribution in [3.05, 3.63) is 59.7 Å². The van der Waals surface area contributed by atoms with Crippen molar-refractivity contribution in [2.75, 3.05) is 25.5 Å². The fourth-order valence-electron chi connectivity index (χ4n) is 2.48. The van der Waals surface area contributed by atoms with Gasteiger partial charge in [-0.25, -0.2) is 4.79 Å². The maximum atomic E-state index is 12.6. The zero-order valence-electron chi connectivity index (χ0n) is 17.1. The van der Waals surface area contributed by atoms with Crippen LogP contribution in [0, 0.1) is 6.92 Å². The van der Waals surface area contributed by atoms with E-state index in [4.69, 9.17) is 9.47 Å². The van der Waals surface area contributed by atoms with Gasteiger partial charge in [0, 0.05) is 18.3 Å². The Morgan fingerprint density at radius 2 is 1.79 bits per heavy atom. The summed E-state index contributed by atoms with van der Waals surface area (Å²) < 4.78 is 10.9. The third-order valence-corrected chi connectivity index (χ3v) is 3.79. The number of amides is 2. The van der Waals surface area contributed by atoms with Gasteiger partial charge >= 0.3 is 6.09 Å². The summed E-state index contributed by atoms with van der Waals surface area (Å²) in [5.41, 5.74) is 1.52. The SMILES string of the molecule is Cc1cccc(OCCN(C)C(=O)c2cccc(NC(=O)OC(C)(C)C)c2)c1. The molecule has 0 aliphatic heterocycles. The molecule has 0 heterocycles. The molecule has 150 valence electrons. The zero-order chi connectivity index (χ0) is 20.7. The molecule has 0 unspecified atom stereocenters. The molecule has 0 spiro atoms. The van der Waals surface area contributed by atoms with Crippen molar-refractivity contribution in [1.82, 2.24) is 4.90 Å². The van der Waals surface area contributed by atoms with Crippen LogP contribution in [0.25, 0.3) is 0 Å². The lowest BCUT2D eigenvalue weighted by Gasteiger charge is -2.20. The molecule has 2 aromatic rings. The van der Waals surface area contributed by atoms with Gasteiger partial charge < -0.3 is 14.4 Å². The molecule has 0 aromatic heterocycles. The van der Waals surface area contributed by atoms with Crippen molar-refractivity contribution >= 4 is 17.7 Å². The predicted molar refractivity (Wildman–Crippen MR) is 110 cm³/mol. The average molecular weight is 384 g/mol. The minimum Gasteiger partial charge on any atom is -0.492 e. The van der Waals surface area contributed by atoms with Crippen molar-refractivity contribution in [2.45, 2.75) is 33.3 Å². The minimum atomic E-state index is -0.588. The molecule has 0 aliphatic carbocycles. The van der Waals surface area contributed by atoms with Crippen LogP contribution in [0.15, 0.2) is 48.5 Å². The van der Waals surface area contributed by atoms with Crippen molar-refractivity contribution in [3.63, 3.8) is 0 Å². The molecule has 0 bridgehead atoms. The first-order valence-electron chi connectivity index (χ1n) is 9.19. The summed E-state index contributed by atoms with van der Waals surface area (Å²) in [5.74, 6) is 0.630.